The Hall–Kier alpha value is -1.44. The Morgan fingerprint density at radius 1 is 1.29 bits per heavy atom. The molecule has 6 nitrogen and oxygen atoms in total. The van der Waals surface area contributed by atoms with Crippen LogP contribution in [0, 0.1) is 5.92 Å². The highest BCUT2D eigenvalue weighted by Gasteiger charge is 2.29. The summed E-state index contributed by atoms with van der Waals surface area (Å²) >= 11 is 0. The topological polar surface area (TPSA) is 69.7 Å². The van der Waals surface area contributed by atoms with E-state index in [1.165, 1.54) is 15.3 Å². The number of carbonyl (C=O) groups excluding carboxylic acids is 1. The lowest BCUT2D eigenvalue weighted by Crippen LogP contribution is -2.40. The van der Waals surface area contributed by atoms with Crippen LogP contribution < -0.4 is 5.32 Å². The molecule has 134 valence electrons. The average Bonchev–Trinajstić information content (AvgIpc) is 2.59. The quantitative estimate of drug-likeness (QED) is 0.839. The second-order valence-corrected chi connectivity index (χ2v) is 8.32. The van der Waals surface area contributed by atoms with Crippen molar-refractivity contribution in [1.29, 1.82) is 0 Å². The van der Waals surface area contributed by atoms with Gasteiger partial charge in [-0.15, -0.1) is 0 Å². The minimum atomic E-state index is -3.55. The van der Waals surface area contributed by atoms with Gasteiger partial charge < -0.3 is 10.2 Å². The highest BCUT2D eigenvalue weighted by atomic mass is 32.2. The van der Waals surface area contributed by atoms with E-state index >= 15 is 0 Å². The van der Waals surface area contributed by atoms with Crippen molar-refractivity contribution in [3.63, 3.8) is 0 Å². The minimum Gasteiger partial charge on any atom is -0.345 e. The SMILES string of the molecule is CCNCC1CCN(S(=O)(=O)c2cccc(C(=O)N(C)C)c2)CC1. The van der Waals surface area contributed by atoms with Crippen LogP contribution in [0.2, 0.25) is 0 Å². The van der Waals surface area contributed by atoms with Gasteiger partial charge in [0.2, 0.25) is 10.0 Å². The van der Waals surface area contributed by atoms with Crippen molar-refractivity contribution < 1.29 is 13.2 Å². The smallest absolute Gasteiger partial charge is 0.253 e. The normalized spacial score (nSPS) is 17.0. The summed E-state index contributed by atoms with van der Waals surface area (Å²) in [5.74, 6) is 0.328. The molecule has 0 bridgehead atoms. The van der Waals surface area contributed by atoms with Crippen LogP contribution in [0.15, 0.2) is 29.2 Å². The predicted octanol–water partition coefficient (Wildman–Crippen LogP) is 1.40. The summed E-state index contributed by atoms with van der Waals surface area (Å²) in [6.07, 6.45) is 1.73. The maximum atomic E-state index is 12.8. The molecule has 0 unspecified atom stereocenters. The third-order valence-corrected chi connectivity index (χ3v) is 6.28. The van der Waals surface area contributed by atoms with Gasteiger partial charge >= 0.3 is 0 Å². The summed E-state index contributed by atoms with van der Waals surface area (Å²) in [6.45, 7) is 5.01. The Balaban J connectivity index is 2.11. The van der Waals surface area contributed by atoms with Crippen molar-refractivity contribution in [2.45, 2.75) is 24.7 Å². The molecule has 1 aliphatic heterocycles. The van der Waals surface area contributed by atoms with E-state index < -0.39 is 10.0 Å². The van der Waals surface area contributed by atoms with Crippen LogP contribution >= 0.6 is 0 Å². The first kappa shape index (κ1) is 18.9. The van der Waals surface area contributed by atoms with Crippen LogP contribution in [0.4, 0.5) is 0 Å². The van der Waals surface area contributed by atoms with Gasteiger partial charge in [-0.2, -0.15) is 4.31 Å². The number of nitrogens with one attached hydrogen (secondary N) is 1. The van der Waals surface area contributed by atoms with Crippen molar-refractivity contribution in [1.82, 2.24) is 14.5 Å². The molecule has 7 heteroatoms. The molecule has 0 radical (unpaired) electrons. The number of amides is 1. The van der Waals surface area contributed by atoms with Crippen LogP contribution in [0.25, 0.3) is 0 Å². The second kappa shape index (κ2) is 8.09. The van der Waals surface area contributed by atoms with Crippen LogP contribution in [0.1, 0.15) is 30.1 Å². The molecule has 1 aromatic carbocycles. The zero-order valence-electron chi connectivity index (χ0n) is 14.7. The van der Waals surface area contributed by atoms with Crippen LogP contribution in [-0.4, -0.2) is 63.8 Å². The minimum absolute atomic E-state index is 0.195. The van der Waals surface area contributed by atoms with Gasteiger partial charge in [-0.25, -0.2) is 8.42 Å². The van der Waals surface area contributed by atoms with Crippen LogP contribution in [-0.2, 0) is 10.0 Å². The van der Waals surface area contributed by atoms with E-state index in [4.69, 9.17) is 0 Å². The van der Waals surface area contributed by atoms with Gasteiger partial charge in [-0.05, 0) is 50.0 Å². The molecule has 1 amide bonds. The monoisotopic (exact) mass is 353 g/mol. The maximum Gasteiger partial charge on any atom is 0.253 e. The Kier molecular flexibility index (Phi) is 6.37. The molecule has 0 spiro atoms. The van der Waals surface area contributed by atoms with Crippen LogP contribution in [0.5, 0.6) is 0 Å². The number of sulfonamides is 1. The largest absolute Gasteiger partial charge is 0.345 e. The number of carbonyl (C=O) groups is 1. The fraction of sp³-hybridized carbons (Fsp3) is 0.588. The number of hydrogen-bond acceptors (Lipinski definition) is 4. The predicted molar refractivity (Wildman–Crippen MR) is 94.5 cm³/mol. The number of rotatable bonds is 6. The van der Waals surface area contributed by atoms with E-state index in [9.17, 15) is 13.2 Å². The third-order valence-electron chi connectivity index (χ3n) is 4.38. The molecule has 0 aliphatic carbocycles. The first-order chi connectivity index (χ1) is 11.4. The molecular formula is C17H27N3O3S. The Labute approximate surface area is 144 Å². The summed E-state index contributed by atoms with van der Waals surface area (Å²) in [5, 5.41) is 3.32. The van der Waals surface area contributed by atoms with Gasteiger partial charge in [0.15, 0.2) is 0 Å². The molecule has 1 heterocycles. The summed E-state index contributed by atoms with van der Waals surface area (Å²) in [6, 6.07) is 6.31. The lowest BCUT2D eigenvalue weighted by atomic mass is 9.98. The molecule has 1 saturated heterocycles. The van der Waals surface area contributed by atoms with Crippen molar-refractivity contribution >= 4 is 15.9 Å². The van der Waals surface area contributed by atoms with Gasteiger partial charge in [-0.3, -0.25) is 4.79 Å². The van der Waals surface area contributed by atoms with Crippen molar-refractivity contribution in [3.8, 4) is 0 Å². The van der Waals surface area contributed by atoms with Gasteiger partial charge in [0, 0.05) is 32.7 Å². The lowest BCUT2D eigenvalue weighted by Gasteiger charge is -2.31. The molecule has 0 saturated carbocycles. The van der Waals surface area contributed by atoms with Crippen molar-refractivity contribution in [2.24, 2.45) is 5.92 Å². The fourth-order valence-corrected chi connectivity index (χ4v) is 4.42. The maximum absolute atomic E-state index is 12.8. The standard InChI is InChI=1S/C17H27N3O3S/c1-4-18-13-14-8-10-20(11-9-14)24(22,23)16-7-5-6-15(12-16)17(21)19(2)3/h5-7,12,14,18H,4,8-11,13H2,1-3H3. The molecule has 0 atom stereocenters. The molecule has 1 aliphatic rings. The molecule has 1 fully saturated rings. The van der Waals surface area contributed by atoms with Gasteiger partial charge in [0.25, 0.3) is 5.91 Å². The zero-order valence-corrected chi connectivity index (χ0v) is 15.5. The molecule has 2 rings (SSSR count). The highest BCUT2D eigenvalue weighted by Crippen LogP contribution is 2.24. The number of hydrogen-bond donors (Lipinski definition) is 1. The molecule has 24 heavy (non-hydrogen) atoms. The third kappa shape index (κ3) is 4.34. The van der Waals surface area contributed by atoms with E-state index in [1.54, 1.807) is 32.3 Å². The highest BCUT2D eigenvalue weighted by molar-refractivity contribution is 7.89. The number of piperidine rings is 1. The Morgan fingerprint density at radius 3 is 2.54 bits per heavy atom. The van der Waals surface area contributed by atoms with E-state index in [0.717, 1.165) is 25.9 Å². The van der Waals surface area contributed by atoms with E-state index in [-0.39, 0.29) is 10.8 Å². The summed E-state index contributed by atoms with van der Waals surface area (Å²) < 4.78 is 27.2. The molecule has 1 aromatic rings. The summed E-state index contributed by atoms with van der Waals surface area (Å²) in [4.78, 5) is 13.7. The Bertz CT molecular complexity index is 665. The van der Waals surface area contributed by atoms with Crippen molar-refractivity contribution in [2.75, 3.05) is 40.3 Å². The second-order valence-electron chi connectivity index (χ2n) is 6.38. The zero-order chi connectivity index (χ0) is 17.7. The fourth-order valence-electron chi connectivity index (χ4n) is 2.90. The Morgan fingerprint density at radius 2 is 1.96 bits per heavy atom. The van der Waals surface area contributed by atoms with Crippen molar-refractivity contribution in [3.05, 3.63) is 29.8 Å². The first-order valence-corrected chi connectivity index (χ1v) is 9.83. The lowest BCUT2D eigenvalue weighted by molar-refractivity contribution is 0.0827. The van der Waals surface area contributed by atoms with Gasteiger partial charge in [0.05, 0.1) is 4.90 Å². The molecular weight excluding hydrogens is 326 g/mol. The average molecular weight is 353 g/mol. The summed E-state index contributed by atoms with van der Waals surface area (Å²) in [5.41, 5.74) is 0.392. The first-order valence-electron chi connectivity index (χ1n) is 8.38. The molecule has 1 N–H and O–H groups in total. The molecule has 0 aromatic heterocycles. The summed E-state index contributed by atoms with van der Waals surface area (Å²) in [7, 11) is -0.243. The van der Waals surface area contributed by atoms with Gasteiger partial charge in [0.1, 0.15) is 0 Å². The van der Waals surface area contributed by atoms with E-state index in [0.29, 0.717) is 24.6 Å². The number of nitrogens with zero attached hydrogens (tertiary/aromatic N) is 2. The van der Waals surface area contributed by atoms with Gasteiger partial charge in [-0.1, -0.05) is 13.0 Å². The van der Waals surface area contributed by atoms with E-state index in [2.05, 4.69) is 12.2 Å². The van der Waals surface area contributed by atoms with E-state index in [1.807, 2.05) is 0 Å². The number of benzene rings is 1. The van der Waals surface area contributed by atoms with Crippen LogP contribution in [0.3, 0.4) is 0 Å².